The number of carboxylic acid groups (broad SMARTS) is 1. The van der Waals surface area contributed by atoms with Crippen molar-refractivity contribution in [2.45, 2.75) is 39.5 Å². The first-order valence-electron chi connectivity index (χ1n) is 11.6. The average molecular weight is 497 g/mol. The monoisotopic (exact) mass is 496 g/mol. The Labute approximate surface area is 210 Å². The van der Waals surface area contributed by atoms with Gasteiger partial charge < -0.3 is 29.3 Å². The van der Waals surface area contributed by atoms with Crippen LogP contribution in [0.1, 0.15) is 36.6 Å². The summed E-state index contributed by atoms with van der Waals surface area (Å²) < 4.78 is 16.3. The fourth-order valence-electron chi connectivity index (χ4n) is 3.53. The number of ether oxygens (including phenoxy) is 3. The van der Waals surface area contributed by atoms with Gasteiger partial charge in [0.2, 0.25) is 0 Å². The van der Waals surface area contributed by atoms with E-state index in [4.69, 9.17) is 14.2 Å². The van der Waals surface area contributed by atoms with Gasteiger partial charge in [-0.2, -0.15) is 9.97 Å². The van der Waals surface area contributed by atoms with Crippen LogP contribution in [0.2, 0.25) is 0 Å². The first kappa shape index (κ1) is 26.6. The van der Waals surface area contributed by atoms with Gasteiger partial charge in [0, 0.05) is 13.1 Å². The van der Waals surface area contributed by atoms with Gasteiger partial charge in [-0.1, -0.05) is 37.6 Å². The molecule has 0 radical (unpaired) electrons. The molecule has 0 saturated heterocycles. The third-order valence-corrected chi connectivity index (χ3v) is 5.42. The summed E-state index contributed by atoms with van der Waals surface area (Å²) in [4.78, 5) is 22.4. The van der Waals surface area contributed by atoms with Crippen LogP contribution >= 0.6 is 0 Å². The third kappa shape index (κ3) is 7.22. The van der Waals surface area contributed by atoms with E-state index in [1.54, 1.807) is 14.2 Å². The van der Waals surface area contributed by atoms with E-state index in [0.29, 0.717) is 25.5 Å². The molecule has 0 aliphatic carbocycles. The number of hydrogen-bond donors (Lipinski definition) is 3. The van der Waals surface area contributed by atoms with Crippen molar-refractivity contribution in [1.29, 1.82) is 0 Å². The van der Waals surface area contributed by atoms with Gasteiger partial charge in [-0.3, -0.25) is 5.32 Å². The number of benzene rings is 2. The zero-order valence-electron chi connectivity index (χ0n) is 20.7. The van der Waals surface area contributed by atoms with Gasteiger partial charge in [0.05, 0.1) is 33.1 Å². The Morgan fingerprint density at radius 2 is 1.50 bits per heavy atom. The number of amides is 1. The summed E-state index contributed by atoms with van der Waals surface area (Å²) in [6.45, 7) is 2.74. The number of carbonyl (C=O) groups is 1. The van der Waals surface area contributed by atoms with Crippen LogP contribution in [-0.2, 0) is 19.7 Å². The van der Waals surface area contributed by atoms with Crippen molar-refractivity contribution in [2.24, 2.45) is 0 Å². The van der Waals surface area contributed by atoms with E-state index < -0.39 is 12.7 Å². The van der Waals surface area contributed by atoms with Crippen LogP contribution in [0, 0.1) is 0 Å². The number of nitrogens with zero attached hydrogens (tertiary/aromatic N) is 3. The summed E-state index contributed by atoms with van der Waals surface area (Å²) in [6.07, 6.45) is 0.450. The summed E-state index contributed by atoms with van der Waals surface area (Å²) >= 11 is 0. The van der Waals surface area contributed by atoms with E-state index in [-0.39, 0.29) is 17.4 Å². The zero-order chi connectivity index (χ0) is 25.9. The lowest BCUT2D eigenvalue weighted by molar-refractivity contribution is 0.209. The molecule has 3 aromatic rings. The Bertz CT molecular complexity index is 1070. The van der Waals surface area contributed by atoms with Gasteiger partial charge in [-0.15, -0.1) is 0 Å². The molecule has 3 rings (SSSR count). The van der Waals surface area contributed by atoms with Crippen molar-refractivity contribution in [3.05, 3.63) is 65.4 Å². The molecule has 36 heavy (non-hydrogen) atoms. The SMILES string of the molecule is CCCCOc1nc(CO)c(NC(=O)O)c(N(Cc2ccc(OC)cc2)Cc2ccc(OC)cc2)n1. The maximum Gasteiger partial charge on any atom is 0.409 e. The lowest BCUT2D eigenvalue weighted by Gasteiger charge is -2.27. The standard InChI is InChI=1S/C26H32N4O6/c1-4-5-14-36-25-27-22(17-31)23(28-26(32)33)24(29-25)30(15-18-6-10-20(34-2)11-7-18)16-19-8-12-21(35-3)13-9-19/h6-13,28,31H,4-5,14-17H2,1-3H3,(H,32,33). The highest BCUT2D eigenvalue weighted by Gasteiger charge is 2.22. The van der Waals surface area contributed by atoms with Gasteiger partial charge >= 0.3 is 12.1 Å². The molecule has 0 fully saturated rings. The number of anilines is 2. The molecule has 3 N–H and O–H groups in total. The fourth-order valence-corrected chi connectivity index (χ4v) is 3.53. The second kappa shape index (κ2) is 13.1. The molecule has 0 aliphatic heterocycles. The minimum atomic E-state index is -1.29. The summed E-state index contributed by atoms with van der Waals surface area (Å²) in [5.74, 6) is 1.75. The van der Waals surface area contributed by atoms with Gasteiger partial charge in [0.15, 0.2) is 5.82 Å². The van der Waals surface area contributed by atoms with Crippen LogP contribution in [-0.4, -0.2) is 47.1 Å². The summed E-state index contributed by atoms with van der Waals surface area (Å²) in [5.41, 5.74) is 2.13. The van der Waals surface area contributed by atoms with E-state index in [2.05, 4.69) is 15.3 Å². The molecule has 0 saturated carbocycles. The van der Waals surface area contributed by atoms with E-state index in [1.165, 1.54) is 0 Å². The van der Waals surface area contributed by atoms with E-state index in [0.717, 1.165) is 35.5 Å². The van der Waals surface area contributed by atoms with Gasteiger partial charge in [-0.25, -0.2) is 4.79 Å². The molecule has 2 aromatic carbocycles. The summed E-state index contributed by atoms with van der Waals surface area (Å²) in [5, 5.41) is 21.9. The van der Waals surface area contributed by atoms with Gasteiger partial charge in [-0.05, 0) is 41.8 Å². The molecule has 10 heteroatoms. The van der Waals surface area contributed by atoms with Crippen molar-refractivity contribution in [3.63, 3.8) is 0 Å². The van der Waals surface area contributed by atoms with E-state index in [9.17, 15) is 15.0 Å². The Morgan fingerprint density at radius 1 is 0.944 bits per heavy atom. The molecule has 10 nitrogen and oxygen atoms in total. The predicted molar refractivity (Wildman–Crippen MR) is 136 cm³/mol. The summed E-state index contributed by atoms with van der Waals surface area (Å²) in [6, 6.07) is 15.2. The van der Waals surface area contributed by atoms with Crippen LogP contribution in [0.5, 0.6) is 17.5 Å². The second-order valence-corrected chi connectivity index (χ2v) is 7.99. The number of aliphatic hydroxyl groups excluding tert-OH is 1. The van der Waals surface area contributed by atoms with E-state index in [1.807, 2.05) is 60.4 Å². The van der Waals surface area contributed by atoms with Crippen LogP contribution < -0.4 is 24.4 Å². The number of rotatable bonds is 13. The third-order valence-electron chi connectivity index (χ3n) is 5.42. The minimum Gasteiger partial charge on any atom is -0.497 e. The number of unbranched alkanes of at least 4 members (excludes halogenated alkanes) is 1. The van der Waals surface area contributed by atoms with Crippen LogP contribution in [0.25, 0.3) is 0 Å². The van der Waals surface area contributed by atoms with Crippen LogP contribution in [0.4, 0.5) is 16.3 Å². The highest BCUT2D eigenvalue weighted by Crippen LogP contribution is 2.32. The molecular weight excluding hydrogens is 464 g/mol. The molecule has 0 atom stereocenters. The normalized spacial score (nSPS) is 10.6. The largest absolute Gasteiger partial charge is 0.497 e. The molecule has 0 unspecified atom stereocenters. The van der Waals surface area contributed by atoms with Crippen molar-refractivity contribution < 1.29 is 29.2 Å². The number of hydrogen-bond acceptors (Lipinski definition) is 8. The fraction of sp³-hybridized carbons (Fsp3) is 0.346. The topological polar surface area (TPSA) is 126 Å². The molecule has 1 aromatic heterocycles. The molecule has 1 amide bonds. The maximum absolute atomic E-state index is 11.6. The lowest BCUT2D eigenvalue weighted by atomic mass is 10.1. The Hall–Kier alpha value is -4.05. The quantitative estimate of drug-likeness (QED) is 0.294. The molecule has 192 valence electrons. The number of methoxy groups -OCH3 is 2. The van der Waals surface area contributed by atoms with Crippen molar-refractivity contribution in [2.75, 3.05) is 31.0 Å². The molecule has 1 heterocycles. The second-order valence-electron chi connectivity index (χ2n) is 7.99. The molecule has 0 aliphatic rings. The lowest BCUT2D eigenvalue weighted by Crippen LogP contribution is -2.26. The Kier molecular flexibility index (Phi) is 9.70. The van der Waals surface area contributed by atoms with Crippen molar-refractivity contribution in [3.8, 4) is 17.5 Å². The van der Waals surface area contributed by atoms with Crippen LogP contribution in [0.3, 0.4) is 0 Å². The highest BCUT2D eigenvalue weighted by molar-refractivity contribution is 5.88. The van der Waals surface area contributed by atoms with Crippen molar-refractivity contribution in [1.82, 2.24) is 9.97 Å². The highest BCUT2D eigenvalue weighted by atomic mass is 16.5. The van der Waals surface area contributed by atoms with Gasteiger partial charge in [0.1, 0.15) is 17.2 Å². The first-order valence-corrected chi connectivity index (χ1v) is 11.6. The average Bonchev–Trinajstić information content (AvgIpc) is 2.89. The zero-order valence-corrected chi connectivity index (χ0v) is 20.7. The first-order chi connectivity index (χ1) is 17.5. The Morgan fingerprint density at radius 3 is 1.94 bits per heavy atom. The summed E-state index contributed by atoms with van der Waals surface area (Å²) in [7, 11) is 3.21. The molecule has 0 bridgehead atoms. The van der Waals surface area contributed by atoms with Crippen molar-refractivity contribution >= 4 is 17.6 Å². The maximum atomic E-state index is 11.6. The Balaban J connectivity index is 2.08. The number of aromatic nitrogens is 2. The van der Waals surface area contributed by atoms with Gasteiger partial charge in [0.25, 0.3) is 0 Å². The molecule has 0 spiro atoms. The number of nitrogens with one attached hydrogen (secondary N) is 1. The minimum absolute atomic E-state index is 0.0768. The smallest absolute Gasteiger partial charge is 0.409 e. The number of aliphatic hydroxyl groups is 1. The predicted octanol–water partition coefficient (Wildman–Crippen LogP) is 4.46. The van der Waals surface area contributed by atoms with E-state index >= 15 is 0 Å². The van der Waals surface area contributed by atoms with Crippen LogP contribution in [0.15, 0.2) is 48.5 Å². The molecular formula is C26H32N4O6.